The van der Waals surface area contributed by atoms with E-state index in [0.29, 0.717) is 25.2 Å². The van der Waals surface area contributed by atoms with Gasteiger partial charge in [0.2, 0.25) is 5.91 Å². The number of carbonyl (C=O) groups excluding carboxylic acids is 1. The summed E-state index contributed by atoms with van der Waals surface area (Å²) < 4.78 is 5.49. The van der Waals surface area contributed by atoms with E-state index in [-0.39, 0.29) is 11.9 Å². The van der Waals surface area contributed by atoms with Crippen LogP contribution in [0.2, 0.25) is 0 Å². The number of furan rings is 1. The van der Waals surface area contributed by atoms with Crippen LogP contribution in [0, 0.1) is 12.8 Å². The highest BCUT2D eigenvalue weighted by atomic mass is 16.4. The van der Waals surface area contributed by atoms with Crippen LogP contribution in [0.5, 0.6) is 0 Å². The number of hydrogen-bond acceptors (Lipinski definition) is 3. The zero-order valence-corrected chi connectivity index (χ0v) is 13.0. The first-order valence-corrected chi connectivity index (χ1v) is 8.15. The van der Waals surface area contributed by atoms with Gasteiger partial charge >= 0.3 is 5.97 Å². The van der Waals surface area contributed by atoms with Gasteiger partial charge in [-0.05, 0) is 44.2 Å². The Bertz CT molecular complexity index is 565. The number of rotatable bonds is 4. The first-order chi connectivity index (χ1) is 10.6. The van der Waals surface area contributed by atoms with Gasteiger partial charge in [0.1, 0.15) is 17.6 Å². The Labute approximate surface area is 130 Å². The third-order valence-corrected chi connectivity index (χ3v) is 5.04. The summed E-state index contributed by atoms with van der Waals surface area (Å²) in [4.78, 5) is 25.8. The van der Waals surface area contributed by atoms with E-state index in [4.69, 9.17) is 4.42 Å². The molecule has 0 spiro atoms. The first kappa shape index (κ1) is 15.1. The number of carbonyl (C=O) groups is 2. The van der Waals surface area contributed by atoms with Gasteiger partial charge in [-0.15, -0.1) is 0 Å². The molecule has 1 aromatic rings. The summed E-state index contributed by atoms with van der Waals surface area (Å²) >= 11 is 0. The maximum atomic E-state index is 12.6. The lowest BCUT2D eigenvalue weighted by Gasteiger charge is -2.33. The largest absolute Gasteiger partial charge is 0.480 e. The number of nitrogens with zero attached hydrogens (tertiary/aromatic N) is 1. The van der Waals surface area contributed by atoms with E-state index in [0.717, 1.165) is 37.2 Å². The molecule has 3 rings (SSSR count). The quantitative estimate of drug-likeness (QED) is 0.928. The maximum absolute atomic E-state index is 12.6. The number of likely N-dealkylation sites (tertiary alicyclic amines) is 1. The molecule has 22 heavy (non-hydrogen) atoms. The number of carboxylic acids is 1. The van der Waals surface area contributed by atoms with Crippen LogP contribution in [-0.4, -0.2) is 34.0 Å². The molecule has 1 saturated heterocycles. The monoisotopic (exact) mass is 305 g/mol. The second-order valence-electron chi connectivity index (χ2n) is 6.51. The molecule has 2 fully saturated rings. The standard InChI is InChI=1S/C17H23NO4/c1-11-6-7-13(22-11)8-9-16(19)18-14-5-3-2-4-12(14)10-15(18)17(20)21/h6-7,12,14-15H,2-5,8-10H2,1H3,(H,20,21)/t12-,14-,15-/m0/s1. The summed E-state index contributed by atoms with van der Waals surface area (Å²) in [6.45, 7) is 1.87. The fourth-order valence-corrected chi connectivity index (χ4v) is 4.02. The molecule has 0 aromatic carbocycles. The average molecular weight is 305 g/mol. The molecular formula is C17H23NO4. The molecule has 0 unspecified atom stereocenters. The van der Waals surface area contributed by atoms with Crippen LogP contribution in [0.4, 0.5) is 0 Å². The van der Waals surface area contributed by atoms with E-state index in [1.807, 2.05) is 19.1 Å². The van der Waals surface area contributed by atoms with Crippen LogP contribution in [0.3, 0.4) is 0 Å². The average Bonchev–Trinajstić information content (AvgIpc) is 3.08. The zero-order valence-electron chi connectivity index (χ0n) is 13.0. The van der Waals surface area contributed by atoms with Crippen molar-refractivity contribution in [3.05, 3.63) is 23.7 Å². The lowest BCUT2D eigenvalue weighted by molar-refractivity contribution is -0.149. The SMILES string of the molecule is Cc1ccc(CCC(=O)N2[C@H](C(=O)O)C[C@@H]3CCCC[C@@H]32)o1. The van der Waals surface area contributed by atoms with E-state index in [1.165, 1.54) is 0 Å². The predicted molar refractivity (Wildman–Crippen MR) is 80.4 cm³/mol. The van der Waals surface area contributed by atoms with E-state index in [1.54, 1.807) is 4.90 Å². The highest BCUT2D eigenvalue weighted by molar-refractivity contribution is 5.84. The van der Waals surface area contributed by atoms with Crippen molar-refractivity contribution in [3.63, 3.8) is 0 Å². The Kier molecular flexibility index (Phi) is 4.23. The topological polar surface area (TPSA) is 70.8 Å². The maximum Gasteiger partial charge on any atom is 0.326 e. The van der Waals surface area contributed by atoms with Crippen LogP contribution in [-0.2, 0) is 16.0 Å². The number of aryl methyl sites for hydroxylation is 2. The Morgan fingerprint density at radius 2 is 2.09 bits per heavy atom. The number of fused-ring (bicyclic) bond motifs is 1. The molecule has 2 heterocycles. The zero-order chi connectivity index (χ0) is 15.7. The van der Waals surface area contributed by atoms with Gasteiger partial charge in [0.25, 0.3) is 0 Å². The third kappa shape index (κ3) is 2.89. The normalized spacial score (nSPS) is 27.7. The summed E-state index contributed by atoms with van der Waals surface area (Å²) in [6, 6.07) is 3.25. The summed E-state index contributed by atoms with van der Waals surface area (Å²) in [6.07, 6.45) is 5.71. The fraction of sp³-hybridized carbons (Fsp3) is 0.647. The molecule has 0 bridgehead atoms. The van der Waals surface area contributed by atoms with Crippen molar-refractivity contribution in [2.45, 2.75) is 64.0 Å². The second kappa shape index (κ2) is 6.15. The van der Waals surface area contributed by atoms with Crippen molar-refractivity contribution >= 4 is 11.9 Å². The molecular weight excluding hydrogens is 282 g/mol. The van der Waals surface area contributed by atoms with Gasteiger partial charge in [0.05, 0.1) is 0 Å². The molecule has 2 aliphatic rings. The van der Waals surface area contributed by atoms with E-state index in [9.17, 15) is 14.7 Å². The number of carboxylic acid groups (broad SMARTS) is 1. The van der Waals surface area contributed by atoms with Gasteiger partial charge in [0.15, 0.2) is 0 Å². The molecule has 5 heteroatoms. The van der Waals surface area contributed by atoms with Crippen LogP contribution >= 0.6 is 0 Å². The first-order valence-electron chi connectivity index (χ1n) is 8.15. The van der Waals surface area contributed by atoms with Crippen molar-refractivity contribution in [1.29, 1.82) is 0 Å². The number of hydrogen-bond donors (Lipinski definition) is 1. The lowest BCUT2D eigenvalue weighted by Crippen LogP contribution is -2.46. The molecule has 120 valence electrons. The number of amides is 1. The van der Waals surface area contributed by atoms with E-state index >= 15 is 0 Å². The predicted octanol–water partition coefficient (Wildman–Crippen LogP) is 2.76. The summed E-state index contributed by atoms with van der Waals surface area (Å²) in [5.41, 5.74) is 0. The molecule has 5 nitrogen and oxygen atoms in total. The molecule has 1 aliphatic heterocycles. The van der Waals surface area contributed by atoms with Gasteiger partial charge in [-0.25, -0.2) is 4.79 Å². The number of aliphatic carboxylic acids is 1. The molecule has 1 aliphatic carbocycles. The molecule has 0 radical (unpaired) electrons. The Morgan fingerprint density at radius 1 is 1.32 bits per heavy atom. The van der Waals surface area contributed by atoms with Gasteiger partial charge in [-0.2, -0.15) is 0 Å². The fourth-order valence-electron chi connectivity index (χ4n) is 4.02. The van der Waals surface area contributed by atoms with Crippen molar-refractivity contribution in [2.75, 3.05) is 0 Å². The minimum Gasteiger partial charge on any atom is -0.480 e. The van der Waals surface area contributed by atoms with Crippen molar-refractivity contribution < 1.29 is 19.1 Å². The Balaban J connectivity index is 1.69. The highest BCUT2D eigenvalue weighted by Crippen LogP contribution is 2.40. The Morgan fingerprint density at radius 3 is 2.77 bits per heavy atom. The smallest absolute Gasteiger partial charge is 0.326 e. The lowest BCUT2D eigenvalue weighted by atomic mass is 9.84. The minimum absolute atomic E-state index is 0.0455. The van der Waals surface area contributed by atoms with Gasteiger partial charge < -0.3 is 14.4 Å². The van der Waals surface area contributed by atoms with E-state index in [2.05, 4.69) is 0 Å². The van der Waals surface area contributed by atoms with Crippen molar-refractivity contribution in [1.82, 2.24) is 4.90 Å². The van der Waals surface area contributed by atoms with Crippen molar-refractivity contribution in [3.8, 4) is 0 Å². The van der Waals surface area contributed by atoms with Gasteiger partial charge in [0, 0.05) is 18.9 Å². The minimum atomic E-state index is -0.864. The molecule has 1 amide bonds. The molecule has 3 atom stereocenters. The van der Waals surface area contributed by atoms with E-state index < -0.39 is 12.0 Å². The van der Waals surface area contributed by atoms with Crippen LogP contribution in [0.25, 0.3) is 0 Å². The van der Waals surface area contributed by atoms with Crippen LogP contribution in [0.15, 0.2) is 16.5 Å². The summed E-state index contributed by atoms with van der Waals surface area (Å²) in [7, 11) is 0. The van der Waals surface area contributed by atoms with Crippen LogP contribution < -0.4 is 0 Å². The molecule has 1 aromatic heterocycles. The van der Waals surface area contributed by atoms with Crippen LogP contribution in [0.1, 0.15) is 50.0 Å². The third-order valence-electron chi connectivity index (χ3n) is 5.04. The van der Waals surface area contributed by atoms with Crippen molar-refractivity contribution in [2.24, 2.45) is 5.92 Å². The Hall–Kier alpha value is -1.78. The van der Waals surface area contributed by atoms with Gasteiger partial charge in [-0.3, -0.25) is 4.79 Å². The second-order valence-corrected chi connectivity index (χ2v) is 6.51. The molecule has 1 N–H and O–H groups in total. The summed E-state index contributed by atoms with van der Waals surface area (Å²) in [5, 5.41) is 9.46. The summed E-state index contributed by atoms with van der Waals surface area (Å²) in [5.74, 6) is 1.08. The highest BCUT2D eigenvalue weighted by Gasteiger charge is 2.47. The molecule has 1 saturated carbocycles. The van der Waals surface area contributed by atoms with Gasteiger partial charge in [-0.1, -0.05) is 12.8 Å².